The van der Waals surface area contributed by atoms with Crippen LogP contribution in [0.2, 0.25) is 0 Å². The van der Waals surface area contributed by atoms with E-state index in [1.807, 2.05) is 30.3 Å². The molecule has 0 aliphatic rings. The minimum Gasteiger partial charge on any atom is -0.243 e. The zero-order chi connectivity index (χ0) is 17.5. The molecule has 2 aromatic heterocycles. The molecule has 0 amide bonds. The number of carbonyl (C=O) groups is 1. The molecule has 0 bridgehead atoms. The molecule has 7 nitrogen and oxygen atoms in total. The van der Waals surface area contributed by atoms with Crippen LogP contribution in [0.15, 0.2) is 43.0 Å². The fourth-order valence-electron chi connectivity index (χ4n) is 2.67. The Hall–Kier alpha value is -2.83. The van der Waals surface area contributed by atoms with Crippen LogP contribution in [-0.2, 0) is 12.8 Å². The van der Waals surface area contributed by atoms with E-state index in [-0.39, 0.29) is 6.03 Å². The molecule has 0 saturated heterocycles. The number of benzene rings is 1. The number of unbranched alkanes of at least 4 members (excludes halogenated alkanes) is 3. The van der Waals surface area contributed by atoms with E-state index >= 15 is 0 Å². The summed E-state index contributed by atoms with van der Waals surface area (Å²) < 4.78 is 2.54. The molecule has 0 N–H and O–H groups in total. The van der Waals surface area contributed by atoms with Crippen LogP contribution in [0.5, 0.6) is 0 Å². The second kappa shape index (κ2) is 8.32. The van der Waals surface area contributed by atoms with Gasteiger partial charge in [0.2, 0.25) is 0 Å². The molecule has 3 aromatic rings. The summed E-state index contributed by atoms with van der Waals surface area (Å²) in [6.07, 6.45) is 8.49. The maximum Gasteiger partial charge on any atom is 0.372 e. The maximum absolute atomic E-state index is 12.6. The molecule has 0 spiro atoms. The summed E-state index contributed by atoms with van der Waals surface area (Å²) in [6, 6.07) is 9.65. The standard InChI is InChI=1S/C18H22N6O/c1-2-3-4-8-11-17-21-16(12-15-9-6-5-7-10-15)22-24(17)18(25)23-14-19-13-20-23/h5-7,9-10,13-14H,2-4,8,11-12H2,1H3. The summed E-state index contributed by atoms with van der Waals surface area (Å²) in [5.74, 6) is 1.33. The maximum atomic E-state index is 12.6. The van der Waals surface area contributed by atoms with Crippen LogP contribution in [0, 0.1) is 0 Å². The van der Waals surface area contributed by atoms with Crippen LogP contribution >= 0.6 is 0 Å². The summed E-state index contributed by atoms with van der Waals surface area (Å²) in [6.45, 7) is 2.18. The summed E-state index contributed by atoms with van der Waals surface area (Å²) in [5, 5.41) is 8.33. The number of aromatic nitrogens is 6. The van der Waals surface area contributed by atoms with Crippen LogP contribution in [0.4, 0.5) is 4.79 Å². The number of aryl methyl sites for hydroxylation is 1. The first-order valence-electron chi connectivity index (χ1n) is 8.66. The molecular formula is C18H22N6O. The average molecular weight is 338 g/mol. The number of nitrogens with zero attached hydrogens (tertiary/aromatic N) is 6. The van der Waals surface area contributed by atoms with Crippen molar-refractivity contribution in [2.45, 2.75) is 45.4 Å². The Balaban J connectivity index is 1.81. The molecule has 1 aromatic carbocycles. The molecule has 0 aliphatic heterocycles. The smallest absolute Gasteiger partial charge is 0.243 e. The number of rotatable bonds is 7. The Morgan fingerprint density at radius 3 is 2.68 bits per heavy atom. The van der Waals surface area contributed by atoms with Gasteiger partial charge in [0, 0.05) is 12.8 Å². The van der Waals surface area contributed by atoms with Crippen molar-refractivity contribution in [3.63, 3.8) is 0 Å². The van der Waals surface area contributed by atoms with Gasteiger partial charge >= 0.3 is 6.03 Å². The molecule has 0 atom stereocenters. The lowest BCUT2D eigenvalue weighted by atomic mass is 10.1. The fourth-order valence-corrected chi connectivity index (χ4v) is 2.67. The van der Waals surface area contributed by atoms with Gasteiger partial charge in [0.1, 0.15) is 18.5 Å². The van der Waals surface area contributed by atoms with E-state index in [0.29, 0.717) is 18.1 Å². The molecule has 3 rings (SSSR count). The molecule has 0 aliphatic carbocycles. The Morgan fingerprint density at radius 1 is 1.12 bits per heavy atom. The third kappa shape index (κ3) is 4.37. The van der Waals surface area contributed by atoms with Crippen molar-refractivity contribution < 1.29 is 4.79 Å². The van der Waals surface area contributed by atoms with Gasteiger partial charge in [0.15, 0.2) is 5.82 Å². The van der Waals surface area contributed by atoms with Crippen LogP contribution in [0.1, 0.15) is 49.8 Å². The van der Waals surface area contributed by atoms with Gasteiger partial charge in [-0.25, -0.2) is 14.8 Å². The van der Waals surface area contributed by atoms with Gasteiger partial charge < -0.3 is 0 Å². The number of carbonyl (C=O) groups excluding carboxylic acids is 1. The first-order chi connectivity index (χ1) is 12.3. The lowest BCUT2D eigenvalue weighted by molar-refractivity contribution is 0.237. The van der Waals surface area contributed by atoms with E-state index < -0.39 is 0 Å². The van der Waals surface area contributed by atoms with Crippen LogP contribution < -0.4 is 0 Å². The lowest BCUT2D eigenvalue weighted by Crippen LogP contribution is -2.23. The van der Waals surface area contributed by atoms with Gasteiger partial charge in [-0.05, 0) is 12.0 Å². The SMILES string of the molecule is CCCCCCc1nc(Cc2ccccc2)nn1C(=O)n1cncn1. The van der Waals surface area contributed by atoms with E-state index in [9.17, 15) is 4.79 Å². The minimum atomic E-state index is -0.352. The molecule has 7 heteroatoms. The molecule has 0 saturated carbocycles. The molecule has 25 heavy (non-hydrogen) atoms. The third-order valence-corrected chi connectivity index (χ3v) is 3.97. The average Bonchev–Trinajstić information content (AvgIpc) is 3.29. The van der Waals surface area contributed by atoms with Gasteiger partial charge in [-0.2, -0.15) is 14.5 Å². The second-order valence-electron chi connectivity index (χ2n) is 5.95. The van der Waals surface area contributed by atoms with Gasteiger partial charge in [0.25, 0.3) is 0 Å². The second-order valence-corrected chi connectivity index (χ2v) is 5.95. The Kier molecular flexibility index (Phi) is 5.66. The van der Waals surface area contributed by atoms with Crippen LogP contribution in [0.3, 0.4) is 0 Å². The Bertz CT molecular complexity index is 794. The van der Waals surface area contributed by atoms with Gasteiger partial charge in [-0.15, -0.1) is 5.10 Å². The highest BCUT2D eigenvalue weighted by Crippen LogP contribution is 2.11. The quantitative estimate of drug-likeness (QED) is 0.619. The van der Waals surface area contributed by atoms with Crippen molar-refractivity contribution in [1.82, 2.24) is 29.5 Å². The first-order valence-corrected chi connectivity index (χ1v) is 8.66. The normalized spacial score (nSPS) is 10.9. The lowest BCUT2D eigenvalue weighted by Gasteiger charge is -2.03. The van der Waals surface area contributed by atoms with Gasteiger partial charge in [0.05, 0.1) is 0 Å². The molecule has 130 valence electrons. The summed E-state index contributed by atoms with van der Waals surface area (Å²) in [7, 11) is 0. The predicted octanol–water partition coefficient (Wildman–Crippen LogP) is 3.10. The number of hydrogen-bond acceptors (Lipinski definition) is 5. The van der Waals surface area contributed by atoms with E-state index in [4.69, 9.17) is 0 Å². The van der Waals surface area contributed by atoms with E-state index in [2.05, 4.69) is 27.1 Å². The van der Waals surface area contributed by atoms with Crippen molar-refractivity contribution in [2.75, 3.05) is 0 Å². The van der Waals surface area contributed by atoms with E-state index in [1.165, 1.54) is 34.9 Å². The summed E-state index contributed by atoms with van der Waals surface area (Å²) >= 11 is 0. The molecule has 0 fully saturated rings. The highest BCUT2D eigenvalue weighted by atomic mass is 16.2. The monoisotopic (exact) mass is 338 g/mol. The molecule has 2 heterocycles. The van der Waals surface area contributed by atoms with Crippen LogP contribution in [0.25, 0.3) is 0 Å². The zero-order valence-corrected chi connectivity index (χ0v) is 14.4. The topological polar surface area (TPSA) is 78.5 Å². The Morgan fingerprint density at radius 2 is 1.96 bits per heavy atom. The highest BCUT2D eigenvalue weighted by Gasteiger charge is 2.18. The number of hydrogen-bond donors (Lipinski definition) is 0. The zero-order valence-electron chi connectivity index (χ0n) is 14.4. The van der Waals surface area contributed by atoms with Crippen molar-refractivity contribution in [1.29, 1.82) is 0 Å². The van der Waals surface area contributed by atoms with E-state index in [1.54, 1.807) is 0 Å². The van der Waals surface area contributed by atoms with Crippen LogP contribution in [-0.4, -0.2) is 35.6 Å². The largest absolute Gasteiger partial charge is 0.372 e. The van der Waals surface area contributed by atoms with Crippen molar-refractivity contribution in [2.24, 2.45) is 0 Å². The molecule has 0 unspecified atom stereocenters. The predicted molar refractivity (Wildman–Crippen MR) is 93.3 cm³/mol. The fraction of sp³-hybridized carbons (Fsp3) is 0.389. The van der Waals surface area contributed by atoms with E-state index in [0.717, 1.165) is 24.8 Å². The summed E-state index contributed by atoms with van der Waals surface area (Å²) in [5.41, 5.74) is 1.12. The highest BCUT2D eigenvalue weighted by molar-refractivity contribution is 5.77. The van der Waals surface area contributed by atoms with Crippen molar-refractivity contribution in [3.8, 4) is 0 Å². The van der Waals surface area contributed by atoms with Gasteiger partial charge in [-0.3, -0.25) is 0 Å². The molecule has 0 radical (unpaired) electrons. The third-order valence-electron chi connectivity index (χ3n) is 3.97. The van der Waals surface area contributed by atoms with Crippen molar-refractivity contribution >= 4 is 6.03 Å². The van der Waals surface area contributed by atoms with Gasteiger partial charge in [-0.1, -0.05) is 56.5 Å². The molecular weight excluding hydrogens is 316 g/mol. The van der Waals surface area contributed by atoms with Crippen molar-refractivity contribution in [3.05, 3.63) is 60.2 Å². The minimum absolute atomic E-state index is 0.352. The first kappa shape index (κ1) is 17.0. The summed E-state index contributed by atoms with van der Waals surface area (Å²) in [4.78, 5) is 21.0. The Labute approximate surface area is 146 Å².